The topological polar surface area (TPSA) is 12.9 Å². The van der Waals surface area contributed by atoms with Gasteiger partial charge in [-0.15, -0.1) is 0 Å². The molecular formula is C8H7N. The van der Waals surface area contributed by atoms with Crippen LogP contribution in [0, 0.1) is 12.1 Å². The first-order chi connectivity index (χ1) is 4.47. The van der Waals surface area contributed by atoms with Gasteiger partial charge in [-0.05, 0) is 25.0 Å². The molecule has 1 fully saturated rings. The molecule has 0 bridgehead atoms. The molecule has 1 heteroatoms. The summed E-state index contributed by atoms with van der Waals surface area (Å²) in [5.74, 6) is 0.746. The molecule has 1 aliphatic carbocycles. The fraction of sp³-hybridized carbons (Fsp3) is 0.375. The molecule has 1 nitrogen and oxygen atoms in total. The third-order valence-corrected chi connectivity index (χ3v) is 1.58. The molecule has 1 aliphatic rings. The van der Waals surface area contributed by atoms with E-state index in [2.05, 4.69) is 17.1 Å². The predicted molar refractivity (Wildman–Crippen MR) is 33.9 cm³/mol. The van der Waals surface area contributed by atoms with Gasteiger partial charge in [-0.1, -0.05) is 0 Å². The molecule has 2 radical (unpaired) electrons. The molecule has 0 aliphatic heterocycles. The fourth-order valence-electron chi connectivity index (χ4n) is 0.899. The molecule has 0 unspecified atom stereocenters. The minimum atomic E-state index is 0.746. The normalized spacial score (nSPS) is 17.8. The van der Waals surface area contributed by atoms with Crippen molar-refractivity contribution in [2.75, 3.05) is 0 Å². The first-order valence-corrected chi connectivity index (χ1v) is 3.20. The SMILES string of the molecule is [c]1[c]cc(C2CC2)nc1. The van der Waals surface area contributed by atoms with E-state index >= 15 is 0 Å². The zero-order valence-corrected chi connectivity index (χ0v) is 5.09. The van der Waals surface area contributed by atoms with E-state index in [1.54, 1.807) is 6.20 Å². The molecule has 1 aromatic rings. The van der Waals surface area contributed by atoms with Crippen LogP contribution in [-0.4, -0.2) is 4.98 Å². The quantitative estimate of drug-likeness (QED) is 0.544. The molecule has 1 heterocycles. The summed E-state index contributed by atoms with van der Waals surface area (Å²) in [5, 5.41) is 0. The van der Waals surface area contributed by atoms with E-state index in [4.69, 9.17) is 0 Å². The zero-order valence-electron chi connectivity index (χ0n) is 5.09. The second-order valence-corrected chi connectivity index (χ2v) is 2.39. The summed E-state index contributed by atoms with van der Waals surface area (Å²) in [6.07, 6.45) is 4.31. The van der Waals surface area contributed by atoms with Crippen molar-refractivity contribution in [3.05, 3.63) is 30.1 Å². The lowest BCUT2D eigenvalue weighted by Crippen LogP contribution is -1.81. The van der Waals surface area contributed by atoms with Gasteiger partial charge in [0.25, 0.3) is 0 Å². The Labute approximate surface area is 54.7 Å². The number of hydrogen-bond donors (Lipinski definition) is 0. The van der Waals surface area contributed by atoms with Gasteiger partial charge in [0.05, 0.1) is 0 Å². The Hall–Kier alpha value is -0.850. The van der Waals surface area contributed by atoms with E-state index in [-0.39, 0.29) is 0 Å². The summed E-state index contributed by atoms with van der Waals surface area (Å²) in [4.78, 5) is 4.15. The number of aromatic nitrogens is 1. The van der Waals surface area contributed by atoms with Crippen LogP contribution < -0.4 is 0 Å². The Kier molecular flexibility index (Phi) is 1.01. The van der Waals surface area contributed by atoms with Crippen molar-refractivity contribution in [2.24, 2.45) is 0 Å². The van der Waals surface area contributed by atoms with Crippen LogP contribution in [0.1, 0.15) is 24.5 Å². The minimum Gasteiger partial charge on any atom is -0.260 e. The van der Waals surface area contributed by atoms with Crippen molar-refractivity contribution in [3.8, 4) is 0 Å². The summed E-state index contributed by atoms with van der Waals surface area (Å²) in [7, 11) is 0. The van der Waals surface area contributed by atoms with Crippen LogP contribution in [0.5, 0.6) is 0 Å². The van der Waals surface area contributed by atoms with Crippen LogP contribution in [0.3, 0.4) is 0 Å². The van der Waals surface area contributed by atoms with Gasteiger partial charge in [0.15, 0.2) is 0 Å². The summed E-state index contributed by atoms with van der Waals surface area (Å²) in [6, 6.07) is 7.60. The van der Waals surface area contributed by atoms with Crippen molar-refractivity contribution in [1.29, 1.82) is 0 Å². The van der Waals surface area contributed by atoms with Gasteiger partial charge in [-0.3, -0.25) is 4.98 Å². The molecule has 44 valence electrons. The van der Waals surface area contributed by atoms with Crippen molar-refractivity contribution in [2.45, 2.75) is 18.8 Å². The summed E-state index contributed by atoms with van der Waals surface area (Å²) in [5.41, 5.74) is 1.19. The maximum absolute atomic E-state index is 4.15. The highest BCUT2D eigenvalue weighted by atomic mass is 14.7. The number of nitrogens with zero attached hydrogens (tertiary/aromatic N) is 1. The van der Waals surface area contributed by atoms with Crippen molar-refractivity contribution in [3.63, 3.8) is 0 Å². The maximum Gasteiger partial charge on any atom is 0.0441 e. The summed E-state index contributed by atoms with van der Waals surface area (Å²) < 4.78 is 0. The van der Waals surface area contributed by atoms with Crippen LogP contribution in [0.2, 0.25) is 0 Å². The Morgan fingerprint density at radius 2 is 2.33 bits per heavy atom. The Bertz CT molecular complexity index is 189. The van der Waals surface area contributed by atoms with E-state index in [0.717, 1.165) is 5.92 Å². The Balaban J connectivity index is 2.29. The van der Waals surface area contributed by atoms with Gasteiger partial charge in [0, 0.05) is 23.9 Å². The van der Waals surface area contributed by atoms with Gasteiger partial charge in [-0.2, -0.15) is 0 Å². The summed E-state index contributed by atoms with van der Waals surface area (Å²) >= 11 is 0. The lowest BCUT2D eigenvalue weighted by Gasteiger charge is -1.90. The van der Waals surface area contributed by atoms with Crippen molar-refractivity contribution >= 4 is 0 Å². The highest BCUT2D eigenvalue weighted by Gasteiger charge is 2.23. The molecule has 0 saturated heterocycles. The predicted octanol–water partition coefficient (Wildman–Crippen LogP) is 1.56. The van der Waals surface area contributed by atoms with Gasteiger partial charge < -0.3 is 0 Å². The lowest BCUT2D eigenvalue weighted by molar-refractivity contribution is 1.02. The highest BCUT2D eigenvalue weighted by molar-refractivity contribution is 5.12. The molecule has 0 spiro atoms. The van der Waals surface area contributed by atoms with Gasteiger partial charge >= 0.3 is 0 Å². The van der Waals surface area contributed by atoms with Crippen LogP contribution in [0.15, 0.2) is 12.3 Å². The van der Waals surface area contributed by atoms with Gasteiger partial charge in [-0.25, -0.2) is 0 Å². The van der Waals surface area contributed by atoms with Crippen LogP contribution >= 0.6 is 0 Å². The minimum absolute atomic E-state index is 0.746. The van der Waals surface area contributed by atoms with E-state index in [9.17, 15) is 0 Å². The molecule has 1 aromatic heterocycles. The Morgan fingerprint density at radius 1 is 1.44 bits per heavy atom. The first kappa shape index (κ1) is 4.98. The van der Waals surface area contributed by atoms with Crippen LogP contribution in [0.4, 0.5) is 0 Å². The number of pyridine rings is 1. The summed E-state index contributed by atoms with van der Waals surface area (Å²) in [6.45, 7) is 0. The van der Waals surface area contributed by atoms with Gasteiger partial charge in [0.1, 0.15) is 0 Å². The molecule has 0 aromatic carbocycles. The molecule has 1 saturated carbocycles. The highest BCUT2D eigenvalue weighted by Crippen LogP contribution is 2.38. The molecule has 0 amide bonds. The second-order valence-electron chi connectivity index (χ2n) is 2.39. The molecule has 0 atom stereocenters. The molecule has 9 heavy (non-hydrogen) atoms. The van der Waals surface area contributed by atoms with Crippen LogP contribution in [0.25, 0.3) is 0 Å². The second kappa shape index (κ2) is 1.83. The van der Waals surface area contributed by atoms with Crippen molar-refractivity contribution < 1.29 is 0 Å². The fourth-order valence-corrected chi connectivity index (χ4v) is 0.899. The van der Waals surface area contributed by atoms with E-state index in [1.807, 2.05) is 6.07 Å². The lowest BCUT2D eigenvalue weighted by atomic mass is 10.3. The Morgan fingerprint density at radius 3 is 2.89 bits per heavy atom. The smallest absolute Gasteiger partial charge is 0.0441 e. The standard InChI is InChI=1S/C8H7N/c1-2-6-9-8(3-1)7-4-5-7/h3,6-7H,4-5H2. The molecule has 2 rings (SSSR count). The number of hydrogen-bond acceptors (Lipinski definition) is 1. The average Bonchev–Trinajstić information content (AvgIpc) is 2.71. The largest absolute Gasteiger partial charge is 0.260 e. The number of rotatable bonds is 1. The zero-order chi connectivity index (χ0) is 6.10. The maximum atomic E-state index is 4.15. The average molecular weight is 117 g/mol. The molecular weight excluding hydrogens is 110 g/mol. The van der Waals surface area contributed by atoms with E-state index < -0.39 is 0 Å². The monoisotopic (exact) mass is 117 g/mol. The van der Waals surface area contributed by atoms with Crippen molar-refractivity contribution in [1.82, 2.24) is 4.98 Å². The molecule has 0 N–H and O–H groups in total. The van der Waals surface area contributed by atoms with Gasteiger partial charge in [0.2, 0.25) is 0 Å². The van der Waals surface area contributed by atoms with Crippen LogP contribution in [-0.2, 0) is 0 Å². The third-order valence-electron chi connectivity index (χ3n) is 1.58. The van der Waals surface area contributed by atoms with E-state index in [1.165, 1.54) is 18.5 Å². The third kappa shape index (κ3) is 0.947. The first-order valence-electron chi connectivity index (χ1n) is 3.20. The van der Waals surface area contributed by atoms with E-state index in [0.29, 0.717) is 0 Å².